The molecule has 0 saturated carbocycles. The third-order valence-electron chi connectivity index (χ3n) is 5.78. The lowest BCUT2D eigenvalue weighted by atomic mass is 9.97. The standard InChI is InChI=1S/C22H37N5/c1-3-12-25-13-10-20(11-14-25)19-24-22(23-4-2)27-17-15-26(16-18-27)21-8-6-5-7-9-21/h5-9,20H,3-4,10-19H2,1-2H3,(H,23,24). The number of piperazine rings is 1. The van der Waals surface area contributed by atoms with E-state index in [1.165, 1.54) is 44.6 Å². The topological polar surface area (TPSA) is 34.1 Å². The van der Waals surface area contributed by atoms with Crippen molar-refractivity contribution >= 4 is 11.6 Å². The fourth-order valence-corrected chi connectivity index (χ4v) is 4.17. The Bertz CT molecular complexity index is 557. The van der Waals surface area contributed by atoms with Crippen LogP contribution in [0.5, 0.6) is 0 Å². The van der Waals surface area contributed by atoms with E-state index in [-0.39, 0.29) is 0 Å². The van der Waals surface area contributed by atoms with Crippen molar-refractivity contribution in [2.24, 2.45) is 10.9 Å². The Morgan fingerprint density at radius 2 is 1.70 bits per heavy atom. The number of guanidine groups is 1. The van der Waals surface area contributed by atoms with Crippen LogP contribution < -0.4 is 10.2 Å². The summed E-state index contributed by atoms with van der Waals surface area (Å²) in [6.45, 7) is 14.3. The van der Waals surface area contributed by atoms with Crippen molar-refractivity contribution in [1.29, 1.82) is 0 Å². The number of likely N-dealkylation sites (tertiary alicyclic amines) is 1. The molecule has 0 unspecified atom stereocenters. The third-order valence-corrected chi connectivity index (χ3v) is 5.78. The first-order valence-corrected chi connectivity index (χ1v) is 10.9. The van der Waals surface area contributed by atoms with Crippen molar-refractivity contribution in [2.45, 2.75) is 33.1 Å². The van der Waals surface area contributed by atoms with Gasteiger partial charge in [-0.15, -0.1) is 0 Å². The van der Waals surface area contributed by atoms with Gasteiger partial charge >= 0.3 is 0 Å². The van der Waals surface area contributed by atoms with Crippen molar-refractivity contribution < 1.29 is 0 Å². The molecule has 2 aliphatic heterocycles. The summed E-state index contributed by atoms with van der Waals surface area (Å²) in [6.07, 6.45) is 3.86. The Morgan fingerprint density at radius 1 is 1.00 bits per heavy atom. The highest BCUT2D eigenvalue weighted by Crippen LogP contribution is 2.18. The van der Waals surface area contributed by atoms with Crippen LogP contribution in [0.25, 0.3) is 0 Å². The maximum Gasteiger partial charge on any atom is 0.194 e. The largest absolute Gasteiger partial charge is 0.368 e. The molecule has 1 N–H and O–H groups in total. The number of para-hydroxylation sites is 1. The average Bonchev–Trinajstić information content (AvgIpc) is 2.73. The Hall–Kier alpha value is -1.75. The van der Waals surface area contributed by atoms with Crippen LogP contribution in [0.3, 0.4) is 0 Å². The molecule has 0 atom stereocenters. The molecule has 0 aliphatic carbocycles. The lowest BCUT2D eigenvalue weighted by molar-refractivity contribution is 0.188. The maximum absolute atomic E-state index is 5.02. The summed E-state index contributed by atoms with van der Waals surface area (Å²) >= 11 is 0. The number of aliphatic imine (C=N–C) groups is 1. The number of nitrogens with zero attached hydrogens (tertiary/aromatic N) is 4. The molecule has 3 rings (SSSR count). The first-order valence-electron chi connectivity index (χ1n) is 10.9. The number of anilines is 1. The molecule has 2 saturated heterocycles. The van der Waals surface area contributed by atoms with Gasteiger partial charge in [0.05, 0.1) is 0 Å². The molecule has 2 fully saturated rings. The molecule has 5 heteroatoms. The minimum Gasteiger partial charge on any atom is -0.368 e. The molecule has 2 heterocycles. The monoisotopic (exact) mass is 371 g/mol. The van der Waals surface area contributed by atoms with E-state index in [9.17, 15) is 0 Å². The van der Waals surface area contributed by atoms with Crippen LogP contribution in [0.1, 0.15) is 33.1 Å². The third kappa shape index (κ3) is 5.86. The van der Waals surface area contributed by atoms with Gasteiger partial charge in [0.2, 0.25) is 0 Å². The Morgan fingerprint density at radius 3 is 2.33 bits per heavy atom. The number of hydrogen-bond acceptors (Lipinski definition) is 3. The summed E-state index contributed by atoms with van der Waals surface area (Å²) < 4.78 is 0. The van der Waals surface area contributed by atoms with E-state index >= 15 is 0 Å². The minimum atomic E-state index is 0.748. The normalized spacial score (nSPS) is 20.1. The van der Waals surface area contributed by atoms with Crippen LogP contribution in [0.15, 0.2) is 35.3 Å². The van der Waals surface area contributed by atoms with E-state index < -0.39 is 0 Å². The number of hydrogen-bond donors (Lipinski definition) is 1. The van der Waals surface area contributed by atoms with Gasteiger partial charge in [0.1, 0.15) is 0 Å². The van der Waals surface area contributed by atoms with Crippen LogP contribution >= 0.6 is 0 Å². The first kappa shape index (κ1) is 20.0. The number of nitrogens with one attached hydrogen (secondary N) is 1. The lowest BCUT2D eigenvalue weighted by Gasteiger charge is -2.38. The molecule has 2 aliphatic rings. The molecule has 27 heavy (non-hydrogen) atoms. The van der Waals surface area contributed by atoms with Gasteiger partial charge in [-0.1, -0.05) is 25.1 Å². The molecule has 0 amide bonds. The lowest BCUT2D eigenvalue weighted by Crippen LogP contribution is -2.52. The SMILES string of the molecule is CCCN1CCC(CN=C(NCC)N2CCN(c3ccccc3)CC2)CC1. The highest BCUT2D eigenvalue weighted by atomic mass is 15.3. The summed E-state index contributed by atoms with van der Waals surface area (Å²) in [4.78, 5) is 12.5. The van der Waals surface area contributed by atoms with Crippen LogP contribution in [0, 0.1) is 5.92 Å². The van der Waals surface area contributed by atoms with E-state index in [4.69, 9.17) is 4.99 Å². The first-order chi connectivity index (χ1) is 13.3. The van der Waals surface area contributed by atoms with Gasteiger partial charge in [-0.25, -0.2) is 0 Å². The average molecular weight is 372 g/mol. The van der Waals surface area contributed by atoms with Gasteiger partial charge in [0.25, 0.3) is 0 Å². The Labute approximate surface area is 165 Å². The second-order valence-electron chi connectivity index (χ2n) is 7.79. The molecule has 0 aromatic heterocycles. The Kier molecular flexibility index (Phi) is 7.81. The summed E-state index contributed by atoms with van der Waals surface area (Å²) in [5.74, 6) is 1.86. The van der Waals surface area contributed by atoms with Gasteiger partial charge in [0.15, 0.2) is 5.96 Å². The molecule has 1 aromatic rings. The van der Waals surface area contributed by atoms with Crippen LogP contribution in [0.4, 0.5) is 5.69 Å². The van der Waals surface area contributed by atoms with E-state index in [0.29, 0.717) is 0 Å². The summed E-state index contributed by atoms with van der Waals surface area (Å²) in [7, 11) is 0. The fourth-order valence-electron chi connectivity index (χ4n) is 4.17. The zero-order valence-electron chi connectivity index (χ0n) is 17.2. The zero-order valence-corrected chi connectivity index (χ0v) is 17.2. The van der Waals surface area contributed by atoms with Crippen molar-refractivity contribution in [3.63, 3.8) is 0 Å². The van der Waals surface area contributed by atoms with Gasteiger partial charge in [-0.3, -0.25) is 4.99 Å². The van der Waals surface area contributed by atoms with Crippen LogP contribution in [0.2, 0.25) is 0 Å². The highest BCUT2D eigenvalue weighted by molar-refractivity contribution is 5.80. The zero-order chi connectivity index (χ0) is 18.9. The van der Waals surface area contributed by atoms with Crippen molar-refractivity contribution in [3.8, 4) is 0 Å². The molecular weight excluding hydrogens is 334 g/mol. The molecule has 150 valence electrons. The van der Waals surface area contributed by atoms with Crippen molar-refractivity contribution in [1.82, 2.24) is 15.1 Å². The quantitative estimate of drug-likeness (QED) is 0.616. The summed E-state index contributed by atoms with van der Waals surface area (Å²) in [6, 6.07) is 10.8. The molecule has 0 spiro atoms. The fraction of sp³-hybridized carbons (Fsp3) is 0.682. The second-order valence-corrected chi connectivity index (χ2v) is 7.79. The van der Waals surface area contributed by atoms with Gasteiger partial charge < -0.3 is 20.0 Å². The Balaban J connectivity index is 1.49. The van der Waals surface area contributed by atoms with E-state index in [2.05, 4.69) is 64.2 Å². The second kappa shape index (κ2) is 10.5. The number of piperidine rings is 1. The van der Waals surface area contributed by atoms with Gasteiger partial charge in [0, 0.05) is 45.0 Å². The highest BCUT2D eigenvalue weighted by Gasteiger charge is 2.21. The maximum atomic E-state index is 5.02. The summed E-state index contributed by atoms with van der Waals surface area (Å²) in [5.41, 5.74) is 1.33. The predicted molar refractivity (Wildman–Crippen MR) is 116 cm³/mol. The van der Waals surface area contributed by atoms with Crippen molar-refractivity contribution in [3.05, 3.63) is 30.3 Å². The number of rotatable bonds is 6. The van der Waals surface area contributed by atoms with Crippen molar-refractivity contribution in [2.75, 3.05) is 63.8 Å². The molecule has 0 bridgehead atoms. The van der Waals surface area contributed by atoms with Gasteiger partial charge in [-0.2, -0.15) is 0 Å². The summed E-state index contributed by atoms with van der Waals surface area (Å²) in [5, 5.41) is 3.52. The molecule has 1 aromatic carbocycles. The van der Waals surface area contributed by atoms with E-state index in [1.54, 1.807) is 0 Å². The minimum absolute atomic E-state index is 0.748. The van der Waals surface area contributed by atoms with Crippen LogP contribution in [-0.2, 0) is 0 Å². The van der Waals surface area contributed by atoms with E-state index in [1.807, 2.05) is 0 Å². The molecule has 5 nitrogen and oxygen atoms in total. The molecular formula is C22H37N5. The predicted octanol–water partition coefficient (Wildman–Crippen LogP) is 2.90. The van der Waals surface area contributed by atoms with Crippen LogP contribution in [-0.4, -0.2) is 74.7 Å². The smallest absolute Gasteiger partial charge is 0.194 e. The van der Waals surface area contributed by atoms with Gasteiger partial charge in [-0.05, 0) is 63.9 Å². The molecule has 0 radical (unpaired) electrons. The van der Waals surface area contributed by atoms with E-state index in [0.717, 1.165) is 51.1 Å². The number of benzene rings is 1.